The first-order valence-electron chi connectivity index (χ1n) is 6.66. The van der Waals surface area contributed by atoms with Crippen LogP contribution in [0.1, 0.15) is 36.8 Å². The molecule has 0 aliphatic carbocycles. The maximum absolute atomic E-state index is 11.9. The molecule has 2 heterocycles. The van der Waals surface area contributed by atoms with E-state index in [1.54, 1.807) is 17.7 Å². The molecular formula is C13H17ClN4O2S. The minimum absolute atomic E-state index is 0.100. The van der Waals surface area contributed by atoms with Gasteiger partial charge < -0.3 is 0 Å². The summed E-state index contributed by atoms with van der Waals surface area (Å²) in [7, 11) is 1.73. The van der Waals surface area contributed by atoms with Crippen LogP contribution < -0.4 is 0 Å². The van der Waals surface area contributed by atoms with Crippen molar-refractivity contribution in [3.8, 4) is 5.82 Å². The van der Waals surface area contributed by atoms with Crippen molar-refractivity contribution >= 4 is 19.7 Å². The molecule has 114 valence electrons. The van der Waals surface area contributed by atoms with Crippen molar-refractivity contribution in [2.45, 2.75) is 45.4 Å². The molecule has 0 amide bonds. The molecule has 0 bridgehead atoms. The van der Waals surface area contributed by atoms with E-state index in [1.165, 1.54) is 0 Å². The van der Waals surface area contributed by atoms with Crippen LogP contribution in [0, 0.1) is 13.8 Å². The summed E-state index contributed by atoms with van der Waals surface area (Å²) < 4.78 is 25.3. The molecule has 0 radical (unpaired) electrons. The number of hydrogen-bond acceptors (Lipinski definition) is 5. The Morgan fingerprint density at radius 1 is 1.19 bits per heavy atom. The smallest absolute Gasteiger partial charge is 0.238 e. The van der Waals surface area contributed by atoms with E-state index in [4.69, 9.17) is 10.7 Å². The first kappa shape index (κ1) is 15.9. The molecule has 0 spiro atoms. The summed E-state index contributed by atoms with van der Waals surface area (Å²) in [6, 6.07) is 1.77. The van der Waals surface area contributed by atoms with Gasteiger partial charge >= 0.3 is 0 Å². The molecule has 0 saturated carbocycles. The van der Waals surface area contributed by atoms with Gasteiger partial charge in [-0.1, -0.05) is 13.8 Å². The molecule has 0 unspecified atom stereocenters. The highest BCUT2D eigenvalue weighted by Gasteiger charge is 2.26. The van der Waals surface area contributed by atoms with E-state index in [0.29, 0.717) is 35.9 Å². The minimum atomic E-state index is -3.85. The molecular weight excluding hydrogens is 312 g/mol. The number of aromatic nitrogens is 4. The Bertz CT molecular complexity index is 763. The fourth-order valence-corrected chi connectivity index (χ4v) is 3.82. The summed E-state index contributed by atoms with van der Waals surface area (Å²) in [5, 5.41) is 4.38. The van der Waals surface area contributed by atoms with Crippen molar-refractivity contribution in [3.63, 3.8) is 0 Å². The van der Waals surface area contributed by atoms with Crippen molar-refractivity contribution in [2.24, 2.45) is 0 Å². The Morgan fingerprint density at radius 2 is 1.86 bits per heavy atom. The van der Waals surface area contributed by atoms with E-state index in [1.807, 2.05) is 20.8 Å². The quantitative estimate of drug-likeness (QED) is 0.805. The summed E-state index contributed by atoms with van der Waals surface area (Å²) in [6.45, 7) is 7.34. The number of halogens is 1. The SMILES string of the molecule is CCc1nn(-c2cc(C)nc(C)n2)c(CC)c1S(=O)(=O)Cl. The largest absolute Gasteiger partial charge is 0.265 e. The zero-order valence-corrected chi connectivity index (χ0v) is 14.0. The van der Waals surface area contributed by atoms with Gasteiger partial charge in [0.25, 0.3) is 9.05 Å². The van der Waals surface area contributed by atoms with Gasteiger partial charge in [0.1, 0.15) is 10.7 Å². The Morgan fingerprint density at radius 3 is 2.33 bits per heavy atom. The predicted octanol–water partition coefficient (Wildman–Crippen LogP) is 2.33. The average molecular weight is 329 g/mol. The maximum Gasteiger partial charge on any atom is 0.265 e. The highest BCUT2D eigenvalue weighted by Crippen LogP contribution is 2.27. The monoisotopic (exact) mass is 328 g/mol. The lowest BCUT2D eigenvalue weighted by molar-refractivity contribution is 0.607. The average Bonchev–Trinajstić information content (AvgIpc) is 2.75. The maximum atomic E-state index is 11.9. The molecule has 8 heteroatoms. The summed E-state index contributed by atoms with van der Waals surface area (Å²) in [5.74, 6) is 1.16. The minimum Gasteiger partial charge on any atom is -0.238 e. The summed E-state index contributed by atoms with van der Waals surface area (Å²) >= 11 is 0. The van der Waals surface area contributed by atoms with Crippen LogP contribution in [0.3, 0.4) is 0 Å². The Balaban J connectivity index is 2.78. The predicted molar refractivity (Wildman–Crippen MR) is 80.4 cm³/mol. The van der Waals surface area contributed by atoms with Crippen LogP contribution in [-0.2, 0) is 21.9 Å². The van der Waals surface area contributed by atoms with Crippen molar-refractivity contribution < 1.29 is 8.42 Å². The first-order chi connectivity index (χ1) is 9.77. The highest BCUT2D eigenvalue weighted by atomic mass is 35.7. The van der Waals surface area contributed by atoms with E-state index in [2.05, 4.69) is 15.1 Å². The van der Waals surface area contributed by atoms with Crippen molar-refractivity contribution in [1.29, 1.82) is 0 Å². The number of hydrogen-bond donors (Lipinski definition) is 0. The van der Waals surface area contributed by atoms with Crippen LogP contribution in [0.2, 0.25) is 0 Å². The normalized spacial score (nSPS) is 11.9. The van der Waals surface area contributed by atoms with Crippen LogP contribution in [0.15, 0.2) is 11.0 Å². The van der Waals surface area contributed by atoms with Gasteiger partial charge in [0, 0.05) is 22.4 Å². The summed E-state index contributed by atoms with van der Waals surface area (Å²) in [5.41, 5.74) is 1.79. The highest BCUT2D eigenvalue weighted by molar-refractivity contribution is 8.13. The molecule has 0 aromatic carbocycles. The zero-order valence-electron chi connectivity index (χ0n) is 12.4. The molecule has 2 aromatic heterocycles. The first-order valence-corrected chi connectivity index (χ1v) is 8.97. The van der Waals surface area contributed by atoms with Gasteiger partial charge in [0.2, 0.25) is 0 Å². The lowest BCUT2D eigenvalue weighted by atomic mass is 10.2. The van der Waals surface area contributed by atoms with Crippen molar-refractivity contribution in [3.05, 3.63) is 29.0 Å². The molecule has 0 fully saturated rings. The molecule has 0 aliphatic rings. The Hall–Kier alpha value is -1.47. The third kappa shape index (κ3) is 3.08. The molecule has 0 N–H and O–H groups in total. The van der Waals surface area contributed by atoms with Gasteiger partial charge in [-0.3, -0.25) is 0 Å². The van der Waals surface area contributed by atoms with Gasteiger partial charge in [-0.15, -0.1) is 0 Å². The summed E-state index contributed by atoms with van der Waals surface area (Å²) in [4.78, 5) is 8.65. The van der Waals surface area contributed by atoms with E-state index >= 15 is 0 Å². The number of rotatable bonds is 4. The standard InChI is InChI=1S/C13H17ClN4O2S/c1-5-10-13(21(14,19)20)11(6-2)18(17-10)12-7-8(3)15-9(4)16-12/h7H,5-6H2,1-4H3. The van der Waals surface area contributed by atoms with Crippen LogP contribution in [0.4, 0.5) is 0 Å². The molecule has 0 atom stereocenters. The van der Waals surface area contributed by atoms with Gasteiger partial charge in [-0.05, 0) is 26.7 Å². The molecule has 2 aromatic rings. The number of aryl methyl sites for hydroxylation is 3. The molecule has 0 saturated heterocycles. The van der Waals surface area contributed by atoms with Gasteiger partial charge in [-0.25, -0.2) is 23.1 Å². The van der Waals surface area contributed by atoms with E-state index in [0.717, 1.165) is 5.69 Å². The zero-order chi connectivity index (χ0) is 15.8. The van der Waals surface area contributed by atoms with Crippen molar-refractivity contribution in [1.82, 2.24) is 19.7 Å². The molecule has 0 aliphatic heterocycles. The second kappa shape index (κ2) is 5.73. The Labute approximate surface area is 128 Å². The number of nitrogens with zero attached hydrogens (tertiary/aromatic N) is 4. The fourth-order valence-electron chi connectivity index (χ4n) is 2.31. The van der Waals surface area contributed by atoms with Crippen LogP contribution in [0.5, 0.6) is 0 Å². The topological polar surface area (TPSA) is 77.7 Å². The van der Waals surface area contributed by atoms with Gasteiger partial charge in [0.05, 0.1) is 11.4 Å². The van der Waals surface area contributed by atoms with Gasteiger partial charge in [0.15, 0.2) is 5.82 Å². The van der Waals surface area contributed by atoms with Gasteiger partial charge in [-0.2, -0.15) is 5.10 Å². The third-order valence-electron chi connectivity index (χ3n) is 3.08. The van der Waals surface area contributed by atoms with E-state index < -0.39 is 9.05 Å². The van der Waals surface area contributed by atoms with Crippen LogP contribution in [0.25, 0.3) is 5.82 Å². The molecule has 21 heavy (non-hydrogen) atoms. The fraction of sp³-hybridized carbons (Fsp3) is 0.462. The molecule has 2 rings (SSSR count). The van der Waals surface area contributed by atoms with Crippen molar-refractivity contribution in [2.75, 3.05) is 0 Å². The van der Waals surface area contributed by atoms with Crippen LogP contribution >= 0.6 is 10.7 Å². The van der Waals surface area contributed by atoms with Crippen LogP contribution in [-0.4, -0.2) is 28.2 Å². The second-order valence-electron chi connectivity index (χ2n) is 4.69. The third-order valence-corrected chi connectivity index (χ3v) is 4.51. The second-order valence-corrected chi connectivity index (χ2v) is 7.20. The van der Waals surface area contributed by atoms with E-state index in [-0.39, 0.29) is 4.90 Å². The Kier molecular flexibility index (Phi) is 4.34. The van der Waals surface area contributed by atoms with E-state index in [9.17, 15) is 8.42 Å². The lowest BCUT2D eigenvalue weighted by Gasteiger charge is -2.07. The summed E-state index contributed by atoms with van der Waals surface area (Å²) in [6.07, 6.45) is 0.959. The lowest BCUT2D eigenvalue weighted by Crippen LogP contribution is -2.08. The molecule has 6 nitrogen and oxygen atoms in total.